The Morgan fingerprint density at radius 3 is 2.47 bits per heavy atom. The smallest absolute Gasteiger partial charge is 0.232 e. The predicted octanol–water partition coefficient (Wildman–Crippen LogP) is 2.38. The van der Waals surface area contributed by atoms with Gasteiger partial charge in [-0.2, -0.15) is 4.68 Å². The fourth-order valence-electron chi connectivity index (χ4n) is 3.36. The van der Waals surface area contributed by atoms with E-state index in [0.717, 1.165) is 24.5 Å². The maximum atomic E-state index is 13.2. The third-order valence-corrected chi connectivity index (χ3v) is 6.02. The zero-order chi connectivity index (χ0) is 20.8. The number of benzene rings is 2. The lowest BCUT2D eigenvalue weighted by Gasteiger charge is -2.34. The van der Waals surface area contributed by atoms with Gasteiger partial charge in [0.2, 0.25) is 5.91 Å². The van der Waals surface area contributed by atoms with Crippen molar-refractivity contribution in [1.29, 1.82) is 0 Å². The second-order valence-electron chi connectivity index (χ2n) is 7.12. The lowest BCUT2D eigenvalue weighted by molar-refractivity contribution is -0.130. The topological polar surface area (TPSA) is 67.2 Å². The molecule has 1 aliphatic rings. The summed E-state index contributed by atoms with van der Waals surface area (Å²) in [6.07, 6.45) is 0. The number of aromatic nitrogens is 4. The molecule has 2 heterocycles. The van der Waals surface area contributed by atoms with Crippen molar-refractivity contribution in [2.24, 2.45) is 0 Å². The molecule has 0 bridgehead atoms. The monoisotopic (exact) mass is 426 g/mol. The third kappa shape index (κ3) is 5.22. The molecule has 9 heteroatoms. The van der Waals surface area contributed by atoms with Gasteiger partial charge in [-0.3, -0.25) is 9.69 Å². The first-order valence-electron chi connectivity index (χ1n) is 9.84. The van der Waals surface area contributed by atoms with Crippen LogP contribution >= 0.6 is 11.8 Å². The van der Waals surface area contributed by atoms with E-state index in [4.69, 9.17) is 0 Å². The summed E-state index contributed by atoms with van der Waals surface area (Å²) in [6, 6.07) is 16.3. The van der Waals surface area contributed by atoms with Crippen LogP contribution in [0.3, 0.4) is 0 Å². The summed E-state index contributed by atoms with van der Waals surface area (Å²) in [7, 11) is 0. The number of thioether (sulfide) groups is 1. The van der Waals surface area contributed by atoms with Crippen LogP contribution in [0.5, 0.6) is 0 Å². The maximum absolute atomic E-state index is 13.2. The van der Waals surface area contributed by atoms with Gasteiger partial charge in [0, 0.05) is 31.9 Å². The van der Waals surface area contributed by atoms with Gasteiger partial charge in [-0.15, -0.1) is 16.9 Å². The Morgan fingerprint density at radius 1 is 1.00 bits per heavy atom. The number of hydrogen-bond donors (Lipinski definition) is 0. The van der Waals surface area contributed by atoms with Gasteiger partial charge in [0.1, 0.15) is 5.82 Å². The predicted molar refractivity (Wildman–Crippen MR) is 114 cm³/mol. The molecule has 0 radical (unpaired) electrons. The Hall–Kier alpha value is -2.78. The van der Waals surface area contributed by atoms with E-state index in [9.17, 15) is 9.18 Å². The van der Waals surface area contributed by atoms with E-state index in [-0.39, 0.29) is 11.7 Å². The molecule has 0 aliphatic carbocycles. The summed E-state index contributed by atoms with van der Waals surface area (Å²) in [5.41, 5.74) is 1.96. The summed E-state index contributed by atoms with van der Waals surface area (Å²) in [6.45, 7) is 3.51. The van der Waals surface area contributed by atoms with Crippen molar-refractivity contribution >= 4 is 17.7 Å². The zero-order valence-corrected chi connectivity index (χ0v) is 17.3. The van der Waals surface area contributed by atoms with Crippen molar-refractivity contribution in [1.82, 2.24) is 30.0 Å². The maximum Gasteiger partial charge on any atom is 0.232 e. The van der Waals surface area contributed by atoms with Crippen molar-refractivity contribution < 1.29 is 9.18 Å². The Labute approximate surface area is 178 Å². The van der Waals surface area contributed by atoms with Gasteiger partial charge in [0.15, 0.2) is 5.82 Å². The van der Waals surface area contributed by atoms with E-state index in [2.05, 4.69) is 32.6 Å². The molecule has 156 valence electrons. The van der Waals surface area contributed by atoms with Gasteiger partial charge in [-0.1, -0.05) is 30.3 Å². The first kappa shape index (κ1) is 20.5. The number of tetrazole rings is 1. The number of amides is 1. The molecular weight excluding hydrogens is 403 g/mol. The number of carbonyl (C=O) groups is 1. The first-order chi connectivity index (χ1) is 14.7. The molecule has 1 aromatic heterocycles. The van der Waals surface area contributed by atoms with Crippen LogP contribution in [0.1, 0.15) is 11.4 Å². The fourth-order valence-corrected chi connectivity index (χ4v) is 4.25. The number of hydrogen-bond acceptors (Lipinski definition) is 6. The van der Waals surface area contributed by atoms with Crippen LogP contribution in [0, 0.1) is 5.82 Å². The zero-order valence-electron chi connectivity index (χ0n) is 16.5. The van der Waals surface area contributed by atoms with Crippen LogP contribution in [-0.4, -0.2) is 67.8 Å². The highest BCUT2D eigenvalue weighted by Gasteiger charge is 2.22. The second kappa shape index (κ2) is 9.82. The Bertz CT molecular complexity index is 957. The van der Waals surface area contributed by atoms with E-state index in [0.29, 0.717) is 31.2 Å². The van der Waals surface area contributed by atoms with E-state index < -0.39 is 0 Å². The molecule has 1 amide bonds. The lowest BCUT2D eigenvalue weighted by Crippen LogP contribution is -2.49. The molecule has 1 fully saturated rings. The van der Waals surface area contributed by atoms with Crippen molar-refractivity contribution in [2.75, 3.05) is 31.9 Å². The summed E-state index contributed by atoms with van der Waals surface area (Å²) < 4.78 is 14.8. The molecule has 0 atom stereocenters. The largest absolute Gasteiger partial charge is 0.339 e. The SMILES string of the molecule is O=C(CSCc1ccccc1)N1CCN(Cc2nnnn2-c2ccc(F)cc2)CC1. The standard InChI is InChI=1S/C21H23FN6OS/c22-18-6-8-19(9-7-18)28-20(23-24-25-28)14-26-10-12-27(13-11-26)21(29)16-30-15-17-4-2-1-3-5-17/h1-9H,10-16H2. The minimum Gasteiger partial charge on any atom is -0.339 e. The number of halogens is 1. The summed E-state index contributed by atoms with van der Waals surface area (Å²) in [4.78, 5) is 16.7. The van der Waals surface area contributed by atoms with Gasteiger partial charge in [0.25, 0.3) is 0 Å². The molecule has 4 rings (SSSR count). The molecular formula is C21H23FN6OS. The molecule has 30 heavy (non-hydrogen) atoms. The molecule has 1 aliphatic heterocycles. The minimum atomic E-state index is -0.295. The number of rotatable bonds is 7. The van der Waals surface area contributed by atoms with Crippen LogP contribution in [0.25, 0.3) is 5.69 Å². The highest BCUT2D eigenvalue weighted by atomic mass is 32.2. The van der Waals surface area contributed by atoms with E-state index >= 15 is 0 Å². The first-order valence-corrected chi connectivity index (χ1v) is 11.0. The highest BCUT2D eigenvalue weighted by Crippen LogP contribution is 2.15. The highest BCUT2D eigenvalue weighted by molar-refractivity contribution is 7.99. The molecule has 0 N–H and O–H groups in total. The van der Waals surface area contributed by atoms with Crippen molar-refractivity contribution in [2.45, 2.75) is 12.3 Å². The van der Waals surface area contributed by atoms with Crippen LogP contribution < -0.4 is 0 Å². The Balaban J connectivity index is 1.25. The second-order valence-corrected chi connectivity index (χ2v) is 8.10. The molecule has 1 saturated heterocycles. The van der Waals surface area contributed by atoms with Gasteiger partial charge in [-0.25, -0.2) is 4.39 Å². The third-order valence-electron chi connectivity index (χ3n) is 5.03. The van der Waals surface area contributed by atoms with Crippen molar-refractivity contribution in [3.63, 3.8) is 0 Å². The summed E-state index contributed by atoms with van der Waals surface area (Å²) in [5.74, 6) is 1.93. The van der Waals surface area contributed by atoms with Gasteiger partial charge < -0.3 is 4.90 Å². The van der Waals surface area contributed by atoms with Crippen molar-refractivity contribution in [3.8, 4) is 5.69 Å². The summed E-state index contributed by atoms with van der Waals surface area (Å²) in [5, 5.41) is 11.9. The van der Waals surface area contributed by atoms with Crippen LogP contribution in [0.4, 0.5) is 4.39 Å². The normalized spacial score (nSPS) is 14.8. The fraction of sp³-hybridized carbons (Fsp3) is 0.333. The van der Waals surface area contributed by atoms with Crippen LogP contribution in [-0.2, 0) is 17.1 Å². The van der Waals surface area contributed by atoms with Gasteiger partial charge >= 0.3 is 0 Å². The van der Waals surface area contributed by atoms with Gasteiger partial charge in [-0.05, 0) is 40.3 Å². The Kier molecular flexibility index (Phi) is 6.70. The number of piperazine rings is 1. The number of nitrogens with zero attached hydrogens (tertiary/aromatic N) is 6. The van der Waals surface area contributed by atoms with Crippen LogP contribution in [0.15, 0.2) is 54.6 Å². The average Bonchev–Trinajstić information content (AvgIpc) is 3.23. The molecule has 0 spiro atoms. The van der Waals surface area contributed by atoms with Gasteiger partial charge in [0.05, 0.1) is 18.0 Å². The van der Waals surface area contributed by atoms with E-state index in [1.165, 1.54) is 17.7 Å². The quantitative estimate of drug-likeness (QED) is 0.578. The molecule has 2 aromatic carbocycles. The average molecular weight is 427 g/mol. The number of carbonyl (C=O) groups excluding carboxylic acids is 1. The molecule has 0 unspecified atom stereocenters. The molecule has 7 nitrogen and oxygen atoms in total. The molecule has 0 saturated carbocycles. The van der Waals surface area contributed by atoms with Crippen LogP contribution in [0.2, 0.25) is 0 Å². The lowest BCUT2D eigenvalue weighted by atomic mass is 10.2. The van der Waals surface area contributed by atoms with Crippen molar-refractivity contribution in [3.05, 3.63) is 71.8 Å². The molecule has 3 aromatic rings. The van der Waals surface area contributed by atoms with E-state index in [1.54, 1.807) is 28.6 Å². The van der Waals surface area contributed by atoms with E-state index in [1.807, 2.05) is 23.1 Å². The Morgan fingerprint density at radius 2 is 1.73 bits per heavy atom. The summed E-state index contributed by atoms with van der Waals surface area (Å²) >= 11 is 1.65. The minimum absolute atomic E-state index is 0.187.